The van der Waals surface area contributed by atoms with Gasteiger partial charge in [-0.2, -0.15) is 13.2 Å². The molecule has 25 heavy (non-hydrogen) atoms. The van der Waals surface area contributed by atoms with E-state index in [0.29, 0.717) is 6.42 Å². The van der Waals surface area contributed by atoms with E-state index in [1.165, 1.54) is 24.3 Å². The SMILES string of the molecule is O=C(Nc1ccc(NS(=O)(=O)CCc2ccccc2)cc1)C(F)(F)F. The standard InChI is InChI=1S/C16H15F3N2O3S/c17-16(18,19)15(22)20-13-6-8-14(9-7-13)21-25(23,24)11-10-12-4-2-1-3-5-12/h1-9,21H,10-11H2,(H,20,22). The Labute approximate surface area is 142 Å². The topological polar surface area (TPSA) is 75.3 Å². The first kappa shape index (κ1) is 18.8. The third-order valence-electron chi connectivity index (χ3n) is 3.18. The summed E-state index contributed by atoms with van der Waals surface area (Å²) >= 11 is 0. The molecule has 0 saturated heterocycles. The quantitative estimate of drug-likeness (QED) is 0.818. The van der Waals surface area contributed by atoms with Crippen molar-refractivity contribution < 1.29 is 26.4 Å². The summed E-state index contributed by atoms with van der Waals surface area (Å²) in [6.07, 6.45) is -4.66. The summed E-state index contributed by atoms with van der Waals surface area (Å²) in [5.41, 5.74) is 0.978. The third kappa shape index (κ3) is 6.11. The minimum Gasteiger partial charge on any atom is -0.318 e. The van der Waals surface area contributed by atoms with Crippen LogP contribution in [0.25, 0.3) is 0 Å². The number of carbonyl (C=O) groups excluding carboxylic acids is 1. The molecule has 0 atom stereocenters. The molecule has 0 bridgehead atoms. The Morgan fingerprint density at radius 1 is 0.920 bits per heavy atom. The Kier molecular flexibility index (Phi) is 5.68. The van der Waals surface area contributed by atoms with Crippen LogP contribution < -0.4 is 10.0 Å². The fraction of sp³-hybridized carbons (Fsp3) is 0.188. The number of benzene rings is 2. The van der Waals surface area contributed by atoms with E-state index in [0.717, 1.165) is 5.56 Å². The maximum absolute atomic E-state index is 12.2. The summed E-state index contributed by atoms with van der Waals surface area (Å²) in [6, 6.07) is 14.0. The number of alkyl halides is 3. The number of amides is 1. The highest BCUT2D eigenvalue weighted by atomic mass is 32.2. The molecule has 0 radical (unpaired) electrons. The van der Waals surface area contributed by atoms with E-state index in [1.54, 1.807) is 5.32 Å². The monoisotopic (exact) mass is 372 g/mol. The van der Waals surface area contributed by atoms with Crippen LogP contribution in [0.2, 0.25) is 0 Å². The van der Waals surface area contributed by atoms with E-state index in [2.05, 4.69) is 4.72 Å². The molecule has 2 aromatic rings. The number of hydrogen-bond acceptors (Lipinski definition) is 3. The van der Waals surface area contributed by atoms with Gasteiger partial charge in [0.05, 0.1) is 5.75 Å². The zero-order valence-electron chi connectivity index (χ0n) is 12.9. The first-order valence-corrected chi connectivity index (χ1v) is 8.84. The Morgan fingerprint density at radius 2 is 1.48 bits per heavy atom. The van der Waals surface area contributed by atoms with Gasteiger partial charge >= 0.3 is 12.1 Å². The summed E-state index contributed by atoms with van der Waals surface area (Å²) in [4.78, 5) is 10.8. The second kappa shape index (κ2) is 7.56. The van der Waals surface area contributed by atoms with Crippen LogP contribution in [0.3, 0.4) is 0 Å². The molecule has 0 heterocycles. The van der Waals surface area contributed by atoms with Crippen LogP contribution >= 0.6 is 0 Å². The van der Waals surface area contributed by atoms with Crippen LogP contribution in [0.5, 0.6) is 0 Å². The number of sulfonamides is 1. The van der Waals surface area contributed by atoms with Crippen LogP contribution in [0.1, 0.15) is 5.56 Å². The highest BCUT2D eigenvalue weighted by Gasteiger charge is 2.38. The second-order valence-corrected chi connectivity index (χ2v) is 7.03. The van der Waals surface area contributed by atoms with Gasteiger partial charge < -0.3 is 5.32 Å². The molecular weight excluding hydrogens is 357 g/mol. The van der Waals surface area contributed by atoms with Crippen molar-refractivity contribution >= 4 is 27.3 Å². The van der Waals surface area contributed by atoms with Gasteiger partial charge in [-0.3, -0.25) is 9.52 Å². The van der Waals surface area contributed by atoms with Gasteiger partial charge in [0.1, 0.15) is 0 Å². The van der Waals surface area contributed by atoms with E-state index in [9.17, 15) is 26.4 Å². The van der Waals surface area contributed by atoms with Crippen LogP contribution in [0.15, 0.2) is 54.6 Å². The fourth-order valence-electron chi connectivity index (χ4n) is 1.95. The minimum absolute atomic E-state index is 0.0884. The van der Waals surface area contributed by atoms with Gasteiger partial charge in [0.15, 0.2) is 0 Å². The number of hydrogen-bond donors (Lipinski definition) is 2. The number of aryl methyl sites for hydroxylation is 1. The predicted octanol–water partition coefficient (Wildman–Crippen LogP) is 3.17. The molecule has 0 aliphatic rings. The number of nitrogens with one attached hydrogen (secondary N) is 2. The molecule has 0 unspecified atom stereocenters. The van der Waals surface area contributed by atoms with Gasteiger partial charge in [0, 0.05) is 11.4 Å². The molecule has 0 aliphatic heterocycles. The fourth-order valence-corrected chi connectivity index (χ4v) is 3.05. The van der Waals surface area contributed by atoms with E-state index in [4.69, 9.17) is 0 Å². The molecule has 2 N–H and O–H groups in total. The van der Waals surface area contributed by atoms with E-state index in [1.807, 2.05) is 30.3 Å². The average Bonchev–Trinajstić information content (AvgIpc) is 2.55. The van der Waals surface area contributed by atoms with Gasteiger partial charge in [-0.05, 0) is 36.2 Å². The average molecular weight is 372 g/mol. The lowest BCUT2D eigenvalue weighted by atomic mass is 10.2. The Bertz CT molecular complexity index is 820. The highest BCUT2D eigenvalue weighted by molar-refractivity contribution is 7.92. The van der Waals surface area contributed by atoms with Crippen molar-refractivity contribution in [3.63, 3.8) is 0 Å². The summed E-state index contributed by atoms with van der Waals surface area (Å²) in [5, 5.41) is 1.68. The lowest BCUT2D eigenvalue weighted by molar-refractivity contribution is -0.167. The molecule has 0 aromatic heterocycles. The maximum Gasteiger partial charge on any atom is 0.471 e. The van der Waals surface area contributed by atoms with Crippen molar-refractivity contribution in [2.24, 2.45) is 0 Å². The maximum atomic E-state index is 12.2. The first-order chi connectivity index (χ1) is 11.7. The number of halogens is 3. The van der Waals surface area contributed by atoms with Crippen molar-refractivity contribution in [3.05, 3.63) is 60.2 Å². The number of rotatable bonds is 6. The molecular formula is C16H15F3N2O3S. The van der Waals surface area contributed by atoms with E-state index < -0.39 is 22.1 Å². The number of carbonyl (C=O) groups is 1. The Balaban J connectivity index is 1.94. The predicted molar refractivity (Wildman–Crippen MR) is 88.7 cm³/mol. The number of anilines is 2. The molecule has 5 nitrogen and oxygen atoms in total. The Morgan fingerprint density at radius 3 is 2.04 bits per heavy atom. The van der Waals surface area contributed by atoms with E-state index in [-0.39, 0.29) is 17.1 Å². The van der Waals surface area contributed by atoms with Crippen molar-refractivity contribution in [2.45, 2.75) is 12.6 Å². The molecule has 0 saturated carbocycles. The minimum atomic E-state index is -4.99. The van der Waals surface area contributed by atoms with Crippen LogP contribution in [-0.4, -0.2) is 26.3 Å². The molecule has 0 aliphatic carbocycles. The van der Waals surface area contributed by atoms with Gasteiger partial charge in [-0.25, -0.2) is 8.42 Å². The molecule has 134 valence electrons. The van der Waals surface area contributed by atoms with Gasteiger partial charge in [-0.1, -0.05) is 30.3 Å². The summed E-state index contributed by atoms with van der Waals surface area (Å²) < 4.78 is 62.9. The summed E-state index contributed by atoms with van der Waals surface area (Å²) in [7, 11) is -3.61. The first-order valence-electron chi connectivity index (χ1n) is 7.18. The zero-order valence-corrected chi connectivity index (χ0v) is 13.7. The second-order valence-electron chi connectivity index (χ2n) is 5.19. The normalized spacial score (nSPS) is 11.8. The largest absolute Gasteiger partial charge is 0.471 e. The molecule has 0 fully saturated rings. The lowest BCUT2D eigenvalue weighted by Gasteiger charge is -2.10. The molecule has 2 aromatic carbocycles. The Hall–Kier alpha value is -2.55. The van der Waals surface area contributed by atoms with Crippen molar-refractivity contribution in [1.82, 2.24) is 0 Å². The van der Waals surface area contributed by atoms with Crippen LogP contribution in [0, 0.1) is 0 Å². The molecule has 9 heteroatoms. The van der Waals surface area contributed by atoms with Gasteiger partial charge in [-0.15, -0.1) is 0 Å². The van der Waals surface area contributed by atoms with Crippen molar-refractivity contribution in [1.29, 1.82) is 0 Å². The smallest absolute Gasteiger partial charge is 0.318 e. The van der Waals surface area contributed by atoms with Crippen LogP contribution in [0.4, 0.5) is 24.5 Å². The van der Waals surface area contributed by atoms with Crippen molar-refractivity contribution in [2.75, 3.05) is 15.8 Å². The summed E-state index contributed by atoms with van der Waals surface area (Å²) in [5.74, 6) is -2.23. The zero-order chi connectivity index (χ0) is 18.5. The van der Waals surface area contributed by atoms with E-state index >= 15 is 0 Å². The molecule has 2 rings (SSSR count). The molecule has 0 spiro atoms. The third-order valence-corrected chi connectivity index (χ3v) is 4.46. The van der Waals surface area contributed by atoms with Crippen LogP contribution in [-0.2, 0) is 21.2 Å². The lowest BCUT2D eigenvalue weighted by Crippen LogP contribution is -2.29. The van der Waals surface area contributed by atoms with Gasteiger partial charge in [0.25, 0.3) is 0 Å². The summed E-state index contributed by atoms with van der Waals surface area (Å²) in [6.45, 7) is 0. The van der Waals surface area contributed by atoms with Crippen molar-refractivity contribution in [3.8, 4) is 0 Å². The molecule has 1 amide bonds. The highest BCUT2D eigenvalue weighted by Crippen LogP contribution is 2.20. The van der Waals surface area contributed by atoms with Gasteiger partial charge in [0.2, 0.25) is 10.0 Å².